The molecule has 0 bridgehead atoms. The van der Waals surface area contributed by atoms with E-state index in [0.29, 0.717) is 19.0 Å². The molecule has 0 saturated heterocycles. The van der Waals surface area contributed by atoms with Gasteiger partial charge >= 0.3 is 5.97 Å². The fraction of sp³-hybridized carbons (Fsp3) is 0.444. The van der Waals surface area contributed by atoms with Crippen LogP contribution in [-0.4, -0.2) is 43.2 Å². The van der Waals surface area contributed by atoms with Gasteiger partial charge in [-0.15, -0.1) is 0 Å². The van der Waals surface area contributed by atoms with Crippen molar-refractivity contribution in [3.05, 3.63) is 18.1 Å². The Morgan fingerprint density at radius 2 is 2.33 bits per heavy atom. The maximum Gasteiger partial charge on any atom is 0.358 e. The number of likely N-dealkylation sites (N-methyl/N-ethyl adjacent to an activating group) is 1. The third kappa shape index (κ3) is 3.51. The number of hydrogen-bond acceptors (Lipinski definition) is 6. The van der Waals surface area contributed by atoms with Crippen LogP contribution in [0.5, 0.6) is 5.88 Å². The summed E-state index contributed by atoms with van der Waals surface area (Å²) >= 11 is 0. The van der Waals surface area contributed by atoms with Gasteiger partial charge in [0.25, 0.3) is 0 Å². The van der Waals surface area contributed by atoms with Gasteiger partial charge in [-0.3, -0.25) is 4.98 Å². The summed E-state index contributed by atoms with van der Waals surface area (Å²) < 4.78 is 9.75. The lowest BCUT2D eigenvalue weighted by Gasteiger charge is -2.04. The van der Waals surface area contributed by atoms with Crippen molar-refractivity contribution in [2.75, 3.05) is 27.3 Å². The molecule has 1 aromatic rings. The summed E-state index contributed by atoms with van der Waals surface area (Å²) in [5.41, 5.74) is 0.138. The van der Waals surface area contributed by atoms with Crippen molar-refractivity contribution >= 4 is 5.97 Å². The van der Waals surface area contributed by atoms with Crippen LogP contribution < -0.4 is 10.1 Å². The molecule has 6 heteroatoms. The summed E-state index contributed by atoms with van der Waals surface area (Å²) in [6.45, 7) is 1.17. The Labute approximate surface area is 87.6 Å². The Morgan fingerprint density at radius 3 is 3.00 bits per heavy atom. The maximum absolute atomic E-state index is 11.1. The third-order valence-corrected chi connectivity index (χ3v) is 1.61. The molecule has 0 spiro atoms. The highest BCUT2D eigenvalue weighted by molar-refractivity contribution is 5.86. The fourth-order valence-corrected chi connectivity index (χ4v) is 0.878. The van der Waals surface area contributed by atoms with Crippen molar-refractivity contribution in [2.24, 2.45) is 0 Å². The summed E-state index contributed by atoms with van der Waals surface area (Å²) in [7, 11) is 3.11. The van der Waals surface area contributed by atoms with Crippen molar-refractivity contribution in [3.8, 4) is 5.88 Å². The van der Waals surface area contributed by atoms with Crippen LogP contribution in [0.15, 0.2) is 12.4 Å². The number of methoxy groups -OCH3 is 1. The molecule has 0 saturated carbocycles. The monoisotopic (exact) mass is 211 g/mol. The van der Waals surface area contributed by atoms with Gasteiger partial charge in [0.1, 0.15) is 6.61 Å². The number of rotatable bonds is 5. The van der Waals surface area contributed by atoms with Crippen LogP contribution in [0.3, 0.4) is 0 Å². The Hall–Kier alpha value is -1.69. The topological polar surface area (TPSA) is 73.3 Å². The number of aromatic nitrogens is 2. The van der Waals surface area contributed by atoms with Gasteiger partial charge in [0.2, 0.25) is 5.88 Å². The number of nitrogens with one attached hydrogen (secondary N) is 1. The Morgan fingerprint density at radius 1 is 1.53 bits per heavy atom. The Kier molecular flexibility index (Phi) is 4.49. The molecule has 82 valence electrons. The summed E-state index contributed by atoms with van der Waals surface area (Å²) in [5, 5.41) is 2.92. The highest BCUT2D eigenvalue weighted by atomic mass is 16.5. The van der Waals surface area contributed by atoms with Crippen molar-refractivity contribution in [1.82, 2.24) is 15.3 Å². The number of nitrogens with zero attached hydrogens (tertiary/aromatic N) is 2. The minimum absolute atomic E-state index is 0.138. The number of esters is 1. The molecule has 0 amide bonds. The summed E-state index contributed by atoms with van der Waals surface area (Å²) in [6.07, 6.45) is 2.78. The molecule has 6 nitrogen and oxygen atoms in total. The van der Waals surface area contributed by atoms with E-state index in [1.165, 1.54) is 19.5 Å². The van der Waals surface area contributed by atoms with Gasteiger partial charge in [0.15, 0.2) is 5.69 Å². The fourth-order valence-electron chi connectivity index (χ4n) is 0.878. The quantitative estimate of drug-likeness (QED) is 0.540. The Bertz CT molecular complexity index is 330. The average molecular weight is 211 g/mol. The third-order valence-electron chi connectivity index (χ3n) is 1.61. The SMILES string of the molecule is CNCCOc1cncc(C(=O)OC)n1. The van der Waals surface area contributed by atoms with Gasteiger partial charge in [-0.05, 0) is 7.05 Å². The van der Waals surface area contributed by atoms with Crippen molar-refractivity contribution < 1.29 is 14.3 Å². The zero-order valence-electron chi connectivity index (χ0n) is 8.69. The van der Waals surface area contributed by atoms with E-state index in [4.69, 9.17) is 4.74 Å². The second-order valence-corrected chi connectivity index (χ2v) is 2.69. The minimum Gasteiger partial charge on any atom is -0.475 e. The molecule has 0 aliphatic rings. The van der Waals surface area contributed by atoms with Crippen LogP contribution in [0.25, 0.3) is 0 Å². The number of carbonyl (C=O) groups is 1. The molecule has 1 N–H and O–H groups in total. The lowest BCUT2D eigenvalue weighted by Crippen LogP contribution is -2.17. The largest absolute Gasteiger partial charge is 0.475 e. The molecule has 0 aliphatic heterocycles. The van der Waals surface area contributed by atoms with E-state index in [1.807, 2.05) is 7.05 Å². The molecule has 0 atom stereocenters. The molecule has 0 unspecified atom stereocenters. The smallest absolute Gasteiger partial charge is 0.358 e. The highest BCUT2D eigenvalue weighted by Crippen LogP contribution is 2.05. The van der Waals surface area contributed by atoms with E-state index in [1.54, 1.807) is 0 Å². The number of carbonyl (C=O) groups excluding carboxylic acids is 1. The van der Waals surface area contributed by atoms with E-state index >= 15 is 0 Å². The molecule has 0 aliphatic carbocycles. The predicted octanol–water partition coefficient (Wildman–Crippen LogP) is -0.139. The second kappa shape index (κ2) is 5.92. The first-order valence-corrected chi connectivity index (χ1v) is 4.45. The van der Waals surface area contributed by atoms with E-state index in [-0.39, 0.29) is 5.69 Å². The Balaban J connectivity index is 2.62. The zero-order valence-corrected chi connectivity index (χ0v) is 8.69. The van der Waals surface area contributed by atoms with Crippen LogP contribution in [0.4, 0.5) is 0 Å². The van der Waals surface area contributed by atoms with E-state index < -0.39 is 5.97 Å². The predicted molar refractivity (Wildman–Crippen MR) is 52.8 cm³/mol. The van der Waals surface area contributed by atoms with Crippen molar-refractivity contribution in [1.29, 1.82) is 0 Å². The standard InChI is InChI=1S/C9H13N3O3/c1-10-3-4-15-8-6-11-5-7(12-8)9(13)14-2/h5-6,10H,3-4H2,1-2H3. The molecule has 1 aromatic heterocycles. The molecular formula is C9H13N3O3. The summed E-state index contributed by atoms with van der Waals surface area (Å²) in [6, 6.07) is 0. The van der Waals surface area contributed by atoms with Gasteiger partial charge in [0, 0.05) is 6.54 Å². The molecular weight excluding hydrogens is 198 g/mol. The molecule has 1 rings (SSSR count). The van der Waals surface area contributed by atoms with Crippen LogP contribution in [-0.2, 0) is 4.74 Å². The first kappa shape index (κ1) is 11.4. The maximum atomic E-state index is 11.1. The molecule has 0 fully saturated rings. The van der Waals surface area contributed by atoms with Crippen molar-refractivity contribution in [2.45, 2.75) is 0 Å². The van der Waals surface area contributed by atoms with Crippen LogP contribution in [0.1, 0.15) is 10.5 Å². The van der Waals surface area contributed by atoms with E-state index in [0.717, 1.165) is 0 Å². The van der Waals surface area contributed by atoms with Crippen LogP contribution in [0, 0.1) is 0 Å². The second-order valence-electron chi connectivity index (χ2n) is 2.69. The molecule has 0 aromatic carbocycles. The van der Waals surface area contributed by atoms with Crippen molar-refractivity contribution in [3.63, 3.8) is 0 Å². The molecule has 0 radical (unpaired) electrons. The lowest BCUT2D eigenvalue weighted by molar-refractivity contribution is 0.0592. The average Bonchev–Trinajstić information content (AvgIpc) is 2.29. The van der Waals surface area contributed by atoms with E-state index in [2.05, 4.69) is 20.0 Å². The number of hydrogen-bond donors (Lipinski definition) is 1. The van der Waals surface area contributed by atoms with Gasteiger partial charge in [0.05, 0.1) is 19.5 Å². The summed E-state index contributed by atoms with van der Waals surface area (Å²) in [5.74, 6) is -0.213. The first-order chi connectivity index (χ1) is 7.27. The summed E-state index contributed by atoms with van der Waals surface area (Å²) in [4.78, 5) is 18.9. The lowest BCUT2D eigenvalue weighted by atomic mass is 10.4. The first-order valence-electron chi connectivity index (χ1n) is 4.45. The van der Waals surface area contributed by atoms with Gasteiger partial charge in [-0.2, -0.15) is 0 Å². The zero-order chi connectivity index (χ0) is 11.1. The van der Waals surface area contributed by atoms with Gasteiger partial charge < -0.3 is 14.8 Å². The molecule has 1 heterocycles. The highest BCUT2D eigenvalue weighted by Gasteiger charge is 2.08. The van der Waals surface area contributed by atoms with Crippen LogP contribution in [0.2, 0.25) is 0 Å². The van der Waals surface area contributed by atoms with Crippen LogP contribution >= 0.6 is 0 Å². The normalized spacial score (nSPS) is 9.73. The number of ether oxygens (including phenoxy) is 2. The van der Waals surface area contributed by atoms with E-state index in [9.17, 15) is 4.79 Å². The van der Waals surface area contributed by atoms with Gasteiger partial charge in [-0.25, -0.2) is 9.78 Å². The van der Waals surface area contributed by atoms with Gasteiger partial charge in [-0.1, -0.05) is 0 Å². The minimum atomic E-state index is -0.526. The molecule has 15 heavy (non-hydrogen) atoms.